The van der Waals surface area contributed by atoms with Gasteiger partial charge >= 0.3 is 0 Å². The largest absolute Gasteiger partial charge is 0.399 e. The van der Waals surface area contributed by atoms with Gasteiger partial charge in [-0.05, 0) is 49.2 Å². The number of hydrogen-bond acceptors (Lipinski definition) is 4. The van der Waals surface area contributed by atoms with E-state index in [-0.39, 0.29) is 0 Å². The Morgan fingerprint density at radius 2 is 2.08 bits per heavy atom. The third kappa shape index (κ3) is 3.74. The third-order valence-corrected chi connectivity index (χ3v) is 4.90. The summed E-state index contributed by atoms with van der Waals surface area (Å²) in [5.74, 6) is 0. The zero-order valence-corrected chi connectivity index (χ0v) is 14.4. The molecule has 4 heteroatoms. The first-order valence-corrected chi connectivity index (χ1v) is 8.94. The Morgan fingerprint density at radius 1 is 1.16 bits per heavy atom. The van der Waals surface area contributed by atoms with Crippen molar-refractivity contribution in [2.24, 2.45) is 0 Å². The monoisotopic (exact) mass is 332 g/mol. The normalized spacial score (nSPS) is 18.3. The maximum Gasteiger partial charge on any atom is 0.0423 e. The van der Waals surface area contributed by atoms with Crippen molar-refractivity contribution in [2.75, 3.05) is 24.1 Å². The van der Waals surface area contributed by atoms with Crippen LogP contribution in [0.1, 0.15) is 18.4 Å². The maximum absolute atomic E-state index is 5.91. The first kappa shape index (κ1) is 15.9. The molecule has 128 valence electrons. The van der Waals surface area contributed by atoms with Crippen LogP contribution in [0.25, 0.3) is 10.8 Å². The molecule has 0 spiro atoms. The minimum atomic E-state index is 0.466. The Labute approximate surface area is 148 Å². The molecule has 0 saturated carbocycles. The lowest BCUT2D eigenvalue weighted by molar-refractivity contribution is 0.208. The van der Waals surface area contributed by atoms with Crippen molar-refractivity contribution < 1.29 is 0 Å². The van der Waals surface area contributed by atoms with Gasteiger partial charge in [0.2, 0.25) is 0 Å². The van der Waals surface area contributed by atoms with Crippen LogP contribution in [0.4, 0.5) is 11.4 Å². The molecule has 0 bridgehead atoms. The number of hydrogen-bond donors (Lipinski definition) is 2. The molecule has 1 aliphatic rings. The van der Waals surface area contributed by atoms with Gasteiger partial charge in [0.25, 0.3) is 0 Å². The van der Waals surface area contributed by atoms with Crippen LogP contribution in [0, 0.1) is 0 Å². The van der Waals surface area contributed by atoms with Gasteiger partial charge in [-0.15, -0.1) is 0 Å². The van der Waals surface area contributed by atoms with Crippen molar-refractivity contribution in [1.29, 1.82) is 0 Å². The fraction of sp³-hybridized carbons (Fsp3) is 0.286. The average Bonchev–Trinajstić information content (AvgIpc) is 2.62. The summed E-state index contributed by atoms with van der Waals surface area (Å²) in [6.07, 6.45) is 6.20. The predicted molar refractivity (Wildman–Crippen MR) is 105 cm³/mol. The number of nitrogens with one attached hydrogen (secondary N) is 1. The minimum absolute atomic E-state index is 0.466. The Balaban J connectivity index is 1.46. The quantitative estimate of drug-likeness (QED) is 0.712. The van der Waals surface area contributed by atoms with Gasteiger partial charge in [0, 0.05) is 53.7 Å². The second kappa shape index (κ2) is 7.11. The fourth-order valence-corrected chi connectivity index (χ4v) is 3.73. The van der Waals surface area contributed by atoms with Crippen LogP contribution in [-0.2, 0) is 6.54 Å². The number of aromatic nitrogens is 1. The van der Waals surface area contributed by atoms with E-state index >= 15 is 0 Å². The number of pyridine rings is 1. The zero-order chi connectivity index (χ0) is 17.1. The summed E-state index contributed by atoms with van der Waals surface area (Å²) in [4.78, 5) is 6.74. The SMILES string of the molecule is Nc1cccc(CN2CCCC(Nc3cccc4cnccc34)C2)c1. The van der Waals surface area contributed by atoms with Crippen LogP contribution >= 0.6 is 0 Å². The van der Waals surface area contributed by atoms with Gasteiger partial charge < -0.3 is 11.1 Å². The smallest absolute Gasteiger partial charge is 0.0423 e. The van der Waals surface area contributed by atoms with E-state index in [0.29, 0.717) is 6.04 Å². The molecule has 1 aliphatic heterocycles. The number of benzene rings is 2. The molecule has 1 unspecified atom stereocenters. The Bertz CT molecular complexity index is 856. The molecule has 1 atom stereocenters. The average molecular weight is 332 g/mol. The molecule has 2 heterocycles. The van der Waals surface area contributed by atoms with Crippen molar-refractivity contribution in [1.82, 2.24) is 9.88 Å². The number of nitrogens with zero attached hydrogens (tertiary/aromatic N) is 2. The molecule has 1 saturated heterocycles. The van der Waals surface area contributed by atoms with E-state index in [1.54, 1.807) is 0 Å². The van der Waals surface area contributed by atoms with E-state index in [0.717, 1.165) is 25.3 Å². The van der Waals surface area contributed by atoms with Crippen molar-refractivity contribution in [3.8, 4) is 0 Å². The molecule has 0 aliphatic carbocycles. The van der Waals surface area contributed by atoms with E-state index in [4.69, 9.17) is 5.73 Å². The predicted octanol–water partition coefficient (Wildman–Crippen LogP) is 3.89. The summed E-state index contributed by atoms with van der Waals surface area (Å²) in [6.45, 7) is 3.16. The van der Waals surface area contributed by atoms with Gasteiger partial charge in [-0.2, -0.15) is 0 Å². The number of likely N-dealkylation sites (tertiary alicyclic amines) is 1. The van der Waals surface area contributed by atoms with Crippen molar-refractivity contribution >= 4 is 22.1 Å². The van der Waals surface area contributed by atoms with Crippen LogP contribution in [0.3, 0.4) is 0 Å². The van der Waals surface area contributed by atoms with Crippen molar-refractivity contribution in [2.45, 2.75) is 25.4 Å². The van der Waals surface area contributed by atoms with Crippen LogP contribution in [0.2, 0.25) is 0 Å². The third-order valence-electron chi connectivity index (χ3n) is 4.90. The number of anilines is 2. The Hall–Kier alpha value is -2.59. The highest BCUT2D eigenvalue weighted by Crippen LogP contribution is 2.25. The summed E-state index contributed by atoms with van der Waals surface area (Å²) in [6, 6.07) is 17.1. The van der Waals surface area contributed by atoms with Gasteiger partial charge in [0.1, 0.15) is 0 Å². The lowest BCUT2D eigenvalue weighted by atomic mass is 10.0. The Morgan fingerprint density at radius 3 is 3.00 bits per heavy atom. The number of piperidine rings is 1. The second-order valence-corrected chi connectivity index (χ2v) is 6.87. The van der Waals surface area contributed by atoms with E-state index < -0.39 is 0 Å². The van der Waals surface area contributed by atoms with E-state index in [1.165, 1.54) is 34.9 Å². The van der Waals surface area contributed by atoms with E-state index in [2.05, 4.69) is 51.6 Å². The van der Waals surface area contributed by atoms with Gasteiger partial charge in [-0.25, -0.2) is 0 Å². The molecular weight excluding hydrogens is 308 g/mol. The molecular formula is C21H24N4. The highest BCUT2D eigenvalue weighted by molar-refractivity contribution is 5.93. The van der Waals surface area contributed by atoms with Crippen LogP contribution in [-0.4, -0.2) is 29.0 Å². The van der Waals surface area contributed by atoms with E-state index in [9.17, 15) is 0 Å². The number of nitrogens with two attached hydrogens (primary N) is 1. The molecule has 0 amide bonds. The fourth-order valence-electron chi connectivity index (χ4n) is 3.73. The zero-order valence-electron chi connectivity index (χ0n) is 14.4. The highest BCUT2D eigenvalue weighted by Gasteiger charge is 2.20. The summed E-state index contributed by atoms with van der Waals surface area (Å²) >= 11 is 0. The van der Waals surface area contributed by atoms with Gasteiger partial charge in [-0.1, -0.05) is 24.3 Å². The molecule has 2 aromatic carbocycles. The first-order chi connectivity index (χ1) is 12.3. The maximum atomic E-state index is 5.91. The summed E-state index contributed by atoms with van der Waals surface area (Å²) < 4.78 is 0. The molecule has 3 aromatic rings. The molecule has 4 nitrogen and oxygen atoms in total. The number of rotatable bonds is 4. The molecule has 25 heavy (non-hydrogen) atoms. The first-order valence-electron chi connectivity index (χ1n) is 8.94. The molecule has 1 fully saturated rings. The summed E-state index contributed by atoms with van der Waals surface area (Å²) in [5, 5.41) is 6.18. The lowest BCUT2D eigenvalue weighted by Crippen LogP contribution is -2.41. The molecule has 3 N–H and O–H groups in total. The standard InChI is InChI=1S/C21H24N4/c22-18-6-1-4-16(12-18)14-25-11-3-7-19(15-25)24-21-8-2-5-17-13-23-10-9-20(17)21/h1-2,4-6,8-10,12-13,19,24H,3,7,11,14-15,22H2. The van der Waals surface area contributed by atoms with Crippen LogP contribution < -0.4 is 11.1 Å². The number of fused-ring (bicyclic) bond motifs is 1. The topological polar surface area (TPSA) is 54.2 Å². The molecule has 4 rings (SSSR count). The summed E-state index contributed by atoms with van der Waals surface area (Å²) in [7, 11) is 0. The minimum Gasteiger partial charge on any atom is -0.399 e. The lowest BCUT2D eigenvalue weighted by Gasteiger charge is -2.34. The van der Waals surface area contributed by atoms with Crippen LogP contribution in [0.15, 0.2) is 60.9 Å². The van der Waals surface area contributed by atoms with Gasteiger partial charge in [-0.3, -0.25) is 9.88 Å². The Kier molecular flexibility index (Phi) is 4.53. The number of nitrogen functional groups attached to an aromatic ring is 1. The second-order valence-electron chi connectivity index (χ2n) is 6.87. The summed E-state index contributed by atoms with van der Waals surface area (Å²) in [5.41, 5.74) is 9.24. The highest BCUT2D eigenvalue weighted by atomic mass is 15.2. The van der Waals surface area contributed by atoms with Crippen molar-refractivity contribution in [3.05, 3.63) is 66.5 Å². The van der Waals surface area contributed by atoms with Crippen LogP contribution in [0.5, 0.6) is 0 Å². The van der Waals surface area contributed by atoms with Gasteiger partial charge in [0.05, 0.1) is 0 Å². The molecule has 0 radical (unpaired) electrons. The van der Waals surface area contributed by atoms with E-state index in [1.807, 2.05) is 24.5 Å². The van der Waals surface area contributed by atoms with Gasteiger partial charge in [0.15, 0.2) is 0 Å². The molecule has 1 aromatic heterocycles. The van der Waals surface area contributed by atoms with Crippen molar-refractivity contribution in [3.63, 3.8) is 0 Å².